The molecule has 2 heterocycles. The highest BCUT2D eigenvalue weighted by Crippen LogP contribution is 2.35. The van der Waals surface area contributed by atoms with Crippen LogP contribution in [0, 0.1) is 5.92 Å². The zero-order valence-corrected chi connectivity index (χ0v) is 19.1. The lowest BCUT2D eigenvalue weighted by molar-refractivity contribution is -0.140. The molecule has 1 aliphatic rings. The van der Waals surface area contributed by atoms with Crippen LogP contribution in [0.2, 0.25) is 0 Å². The van der Waals surface area contributed by atoms with E-state index in [4.69, 9.17) is 0 Å². The topological polar surface area (TPSA) is 90.8 Å². The van der Waals surface area contributed by atoms with Gasteiger partial charge < -0.3 is 10.0 Å². The second kappa shape index (κ2) is 9.95. The van der Waals surface area contributed by atoms with Gasteiger partial charge in [0.15, 0.2) is 5.13 Å². The Hall–Kier alpha value is -3.52. The summed E-state index contributed by atoms with van der Waals surface area (Å²) in [7, 11) is 1.63. The van der Waals surface area contributed by atoms with E-state index >= 15 is 0 Å². The maximum atomic E-state index is 13.2. The fourth-order valence-corrected chi connectivity index (χ4v) is 4.89. The summed E-state index contributed by atoms with van der Waals surface area (Å²) in [4.78, 5) is 44.8. The molecule has 1 N–H and O–H groups in total. The summed E-state index contributed by atoms with van der Waals surface area (Å²) in [6, 6.07) is 17.0. The Labute approximate surface area is 196 Å². The third-order valence-electron chi connectivity index (χ3n) is 5.75. The van der Waals surface area contributed by atoms with E-state index in [1.807, 2.05) is 60.0 Å². The molecule has 2 aromatic carbocycles. The number of aliphatic carboxylic acids is 1. The zero-order valence-electron chi connectivity index (χ0n) is 18.3. The summed E-state index contributed by atoms with van der Waals surface area (Å²) in [5, 5.41) is 11.7. The minimum absolute atomic E-state index is 0.0997. The summed E-state index contributed by atoms with van der Waals surface area (Å²) < 4.78 is 0. The molecule has 33 heavy (non-hydrogen) atoms. The normalized spacial score (nSPS) is 14.3. The number of carboxylic acid groups (broad SMARTS) is 1. The summed E-state index contributed by atoms with van der Waals surface area (Å²) in [6.07, 6.45) is 1.46. The Morgan fingerprint density at radius 1 is 1.15 bits per heavy atom. The van der Waals surface area contributed by atoms with Crippen molar-refractivity contribution in [2.45, 2.75) is 25.7 Å². The van der Waals surface area contributed by atoms with Crippen LogP contribution in [-0.2, 0) is 20.8 Å². The molecular formula is C25H25N3O4S. The van der Waals surface area contributed by atoms with Gasteiger partial charge in [-0.3, -0.25) is 19.3 Å². The van der Waals surface area contributed by atoms with Crippen LogP contribution < -0.4 is 9.80 Å². The van der Waals surface area contributed by atoms with Crippen LogP contribution in [0.4, 0.5) is 10.8 Å². The summed E-state index contributed by atoms with van der Waals surface area (Å²) >= 11 is 1.32. The number of carbonyl (C=O) groups is 3. The van der Waals surface area contributed by atoms with Gasteiger partial charge in [0.2, 0.25) is 11.8 Å². The number of para-hydroxylation sites is 1. The van der Waals surface area contributed by atoms with Crippen molar-refractivity contribution in [1.82, 2.24) is 4.98 Å². The predicted molar refractivity (Wildman–Crippen MR) is 128 cm³/mol. The van der Waals surface area contributed by atoms with Gasteiger partial charge in [0.1, 0.15) is 0 Å². The van der Waals surface area contributed by atoms with Gasteiger partial charge in [-0.15, -0.1) is 11.3 Å². The molecule has 8 heteroatoms. The quantitative estimate of drug-likeness (QED) is 0.540. The number of thiazole rings is 1. The molecular weight excluding hydrogens is 438 g/mol. The Kier molecular flexibility index (Phi) is 6.84. The van der Waals surface area contributed by atoms with E-state index < -0.39 is 11.9 Å². The van der Waals surface area contributed by atoms with Crippen molar-refractivity contribution in [2.24, 2.45) is 5.92 Å². The molecule has 0 spiro atoms. The van der Waals surface area contributed by atoms with Crippen LogP contribution in [0.15, 0.2) is 60.0 Å². The first-order chi connectivity index (χ1) is 15.9. The van der Waals surface area contributed by atoms with Crippen LogP contribution in [0.25, 0.3) is 11.3 Å². The number of benzene rings is 2. The molecule has 0 bridgehead atoms. The first-order valence-electron chi connectivity index (χ1n) is 10.8. The van der Waals surface area contributed by atoms with E-state index in [-0.39, 0.29) is 18.2 Å². The standard InChI is InChI=1S/C25H25N3O4S/c1-27(24(32)18(15-23(30)31)14-17-8-3-2-4-9-17)25-26-20(16-33-25)19-10-5-6-11-21(19)28-13-7-12-22(28)29/h2-6,8-11,16,18H,7,12-15H2,1H3,(H,30,31). The van der Waals surface area contributed by atoms with Crippen molar-refractivity contribution in [3.8, 4) is 11.3 Å². The highest BCUT2D eigenvalue weighted by Gasteiger charge is 2.28. The van der Waals surface area contributed by atoms with E-state index in [1.165, 1.54) is 16.2 Å². The highest BCUT2D eigenvalue weighted by molar-refractivity contribution is 7.14. The first kappa shape index (κ1) is 22.7. The van der Waals surface area contributed by atoms with E-state index in [9.17, 15) is 19.5 Å². The largest absolute Gasteiger partial charge is 0.481 e. The van der Waals surface area contributed by atoms with Crippen molar-refractivity contribution in [1.29, 1.82) is 0 Å². The predicted octanol–water partition coefficient (Wildman–Crippen LogP) is 4.23. The fourth-order valence-electron chi connectivity index (χ4n) is 4.09. The maximum Gasteiger partial charge on any atom is 0.304 e. The molecule has 1 saturated heterocycles. The number of carbonyl (C=O) groups excluding carboxylic acids is 2. The van der Waals surface area contributed by atoms with E-state index in [0.717, 1.165) is 23.2 Å². The van der Waals surface area contributed by atoms with Crippen molar-refractivity contribution < 1.29 is 19.5 Å². The van der Waals surface area contributed by atoms with Crippen molar-refractivity contribution >= 4 is 39.9 Å². The van der Waals surface area contributed by atoms with E-state index in [1.54, 1.807) is 11.9 Å². The van der Waals surface area contributed by atoms with Gasteiger partial charge in [0.25, 0.3) is 0 Å². The van der Waals surface area contributed by atoms with Crippen molar-refractivity contribution in [3.05, 3.63) is 65.5 Å². The number of carboxylic acids is 1. The molecule has 1 aliphatic heterocycles. The van der Waals surface area contributed by atoms with Crippen molar-refractivity contribution in [2.75, 3.05) is 23.4 Å². The van der Waals surface area contributed by atoms with Gasteiger partial charge in [0.05, 0.1) is 23.7 Å². The molecule has 0 radical (unpaired) electrons. The molecule has 2 amide bonds. The molecule has 1 aromatic heterocycles. The lowest BCUT2D eigenvalue weighted by atomic mass is 9.95. The molecule has 1 atom stereocenters. The fraction of sp³-hybridized carbons (Fsp3) is 0.280. The number of hydrogen-bond donors (Lipinski definition) is 1. The Balaban J connectivity index is 1.57. The lowest BCUT2D eigenvalue weighted by Crippen LogP contribution is -2.35. The molecule has 7 nitrogen and oxygen atoms in total. The molecule has 0 saturated carbocycles. The highest BCUT2D eigenvalue weighted by atomic mass is 32.1. The number of nitrogens with zero attached hydrogens (tertiary/aromatic N) is 3. The Morgan fingerprint density at radius 3 is 2.58 bits per heavy atom. The molecule has 4 rings (SSSR count). The minimum atomic E-state index is -1.01. The van der Waals surface area contributed by atoms with Crippen LogP contribution in [0.5, 0.6) is 0 Å². The molecule has 0 aliphatic carbocycles. The van der Waals surface area contributed by atoms with Gasteiger partial charge in [-0.1, -0.05) is 48.5 Å². The molecule has 170 valence electrons. The van der Waals surface area contributed by atoms with Gasteiger partial charge >= 0.3 is 5.97 Å². The smallest absolute Gasteiger partial charge is 0.304 e. The Bertz CT molecular complexity index is 1160. The average Bonchev–Trinajstić information content (AvgIpc) is 3.47. The zero-order chi connectivity index (χ0) is 23.4. The lowest BCUT2D eigenvalue weighted by Gasteiger charge is -2.21. The molecule has 1 unspecified atom stereocenters. The number of anilines is 2. The molecule has 3 aromatic rings. The summed E-state index contributed by atoms with van der Waals surface area (Å²) in [6.45, 7) is 0.682. The van der Waals surface area contributed by atoms with Gasteiger partial charge in [0, 0.05) is 31.0 Å². The van der Waals surface area contributed by atoms with Crippen molar-refractivity contribution in [3.63, 3.8) is 0 Å². The van der Waals surface area contributed by atoms with Gasteiger partial charge in [-0.05, 0) is 24.5 Å². The van der Waals surface area contributed by atoms with Gasteiger partial charge in [-0.25, -0.2) is 4.98 Å². The summed E-state index contributed by atoms with van der Waals surface area (Å²) in [5.74, 6) is -1.90. The third-order valence-corrected chi connectivity index (χ3v) is 6.67. The minimum Gasteiger partial charge on any atom is -0.481 e. The number of amides is 2. The van der Waals surface area contributed by atoms with Crippen LogP contribution in [0.3, 0.4) is 0 Å². The number of hydrogen-bond acceptors (Lipinski definition) is 5. The van der Waals surface area contributed by atoms with E-state index in [0.29, 0.717) is 30.2 Å². The number of rotatable bonds is 8. The molecule has 1 fully saturated rings. The van der Waals surface area contributed by atoms with Gasteiger partial charge in [-0.2, -0.15) is 0 Å². The SMILES string of the molecule is CN(C(=O)C(CC(=O)O)Cc1ccccc1)c1nc(-c2ccccc2N2CCCC2=O)cs1. The second-order valence-corrected chi connectivity index (χ2v) is 8.90. The average molecular weight is 464 g/mol. The maximum absolute atomic E-state index is 13.2. The number of aromatic nitrogens is 1. The van der Waals surface area contributed by atoms with Crippen LogP contribution >= 0.6 is 11.3 Å². The van der Waals surface area contributed by atoms with E-state index in [2.05, 4.69) is 4.98 Å². The Morgan fingerprint density at radius 2 is 1.88 bits per heavy atom. The van der Waals surface area contributed by atoms with Crippen LogP contribution in [-0.4, -0.2) is 41.5 Å². The second-order valence-electron chi connectivity index (χ2n) is 8.06. The third kappa shape index (κ3) is 5.12. The monoisotopic (exact) mass is 463 g/mol. The van der Waals surface area contributed by atoms with Crippen LogP contribution in [0.1, 0.15) is 24.8 Å². The first-order valence-corrected chi connectivity index (χ1v) is 11.7. The summed E-state index contributed by atoms with van der Waals surface area (Å²) in [5.41, 5.74) is 3.25.